The Hall–Kier alpha value is -1.42. The van der Waals surface area contributed by atoms with Crippen molar-refractivity contribution in [1.29, 1.82) is 0 Å². The van der Waals surface area contributed by atoms with Gasteiger partial charge in [-0.25, -0.2) is 0 Å². The van der Waals surface area contributed by atoms with E-state index in [2.05, 4.69) is 10.3 Å². The zero-order valence-electron chi connectivity index (χ0n) is 11.0. The zero-order valence-corrected chi connectivity index (χ0v) is 11.0. The van der Waals surface area contributed by atoms with Crippen molar-refractivity contribution in [2.45, 2.75) is 32.7 Å². The molecule has 0 bridgehead atoms. The van der Waals surface area contributed by atoms with E-state index in [4.69, 9.17) is 0 Å². The molecule has 1 aliphatic heterocycles. The van der Waals surface area contributed by atoms with Gasteiger partial charge in [0.2, 0.25) is 5.91 Å². The van der Waals surface area contributed by atoms with Crippen LogP contribution >= 0.6 is 0 Å². The fraction of sp³-hybridized carbons (Fsp3) is 0.571. The minimum atomic E-state index is 0.224. The normalized spacial score (nSPS) is 15.7. The number of pyridine rings is 1. The van der Waals surface area contributed by atoms with Crippen LogP contribution in [0.1, 0.15) is 30.4 Å². The summed E-state index contributed by atoms with van der Waals surface area (Å²) in [6, 6.07) is 1.99. The third-order valence-corrected chi connectivity index (χ3v) is 3.44. The van der Waals surface area contributed by atoms with Gasteiger partial charge in [0.15, 0.2) is 0 Å². The molecule has 2 rings (SSSR count). The van der Waals surface area contributed by atoms with E-state index in [0.29, 0.717) is 6.54 Å². The van der Waals surface area contributed by atoms with E-state index in [1.165, 1.54) is 12.0 Å². The first-order valence-corrected chi connectivity index (χ1v) is 6.65. The first-order valence-electron chi connectivity index (χ1n) is 6.65. The summed E-state index contributed by atoms with van der Waals surface area (Å²) in [6.07, 6.45) is 7.19. The lowest BCUT2D eigenvalue weighted by atomic mass is 10.1. The minimum Gasteiger partial charge on any atom is -0.342 e. The van der Waals surface area contributed by atoms with Crippen LogP contribution in [0, 0.1) is 6.92 Å². The highest BCUT2D eigenvalue weighted by Crippen LogP contribution is 2.08. The lowest BCUT2D eigenvalue weighted by Crippen LogP contribution is -2.41. The fourth-order valence-corrected chi connectivity index (χ4v) is 2.26. The zero-order chi connectivity index (χ0) is 12.8. The summed E-state index contributed by atoms with van der Waals surface area (Å²) in [5.74, 6) is 0.224. The van der Waals surface area contributed by atoms with Gasteiger partial charge in [0.05, 0.1) is 6.54 Å². The molecule has 0 atom stereocenters. The molecule has 1 fully saturated rings. The Labute approximate surface area is 108 Å². The maximum Gasteiger partial charge on any atom is 0.236 e. The van der Waals surface area contributed by atoms with Crippen molar-refractivity contribution in [3.63, 3.8) is 0 Å². The largest absolute Gasteiger partial charge is 0.342 e. The van der Waals surface area contributed by atoms with Crippen molar-refractivity contribution in [2.75, 3.05) is 19.6 Å². The molecule has 1 aromatic heterocycles. The Morgan fingerprint density at radius 3 is 2.89 bits per heavy atom. The van der Waals surface area contributed by atoms with Gasteiger partial charge in [0, 0.05) is 32.0 Å². The molecular formula is C14H21N3O. The number of carbonyl (C=O) groups is 1. The maximum atomic E-state index is 11.9. The first kappa shape index (κ1) is 13.0. The summed E-state index contributed by atoms with van der Waals surface area (Å²) in [5.41, 5.74) is 2.37. The van der Waals surface area contributed by atoms with Crippen LogP contribution in [0.2, 0.25) is 0 Å². The molecule has 98 valence electrons. The van der Waals surface area contributed by atoms with Gasteiger partial charge in [-0.1, -0.05) is 0 Å². The number of aromatic nitrogens is 1. The van der Waals surface area contributed by atoms with Gasteiger partial charge >= 0.3 is 0 Å². The lowest BCUT2D eigenvalue weighted by Gasteiger charge is -2.26. The molecule has 0 unspecified atom stereocenters. The predicted molar refractivity (Wildman–Crippen MR) is 71.1 cm³/mol. The van der Waals surface area contributed by atoms with Crippen molar-refractivity contribution in [3.05, 3.63) is 29.6 Å². The summed E-state index contributed by atoms with van der Waals surface area (Å²) in [7, 11) is 0. The number of carbonyl (C=O) groups excluding carboxylic acids is 1. The number of hydrogen-bond acceptors (Lipinski definition) is 3. The van der Waals surface area contributed by atoms with Crippen molar-refractivity contribution in [2.24, 2.45) is 0 Å². The quantitative estimate of drug-likeness (QED) is 0.877. The number of nitrogens with zero attached hydrogens (tertiary/aromatic N) is 2. The van der Waals surface area contributed by atoms with Gasteiger partial charge in [0.1, 0.15) is 0 Å². The van der Waals surface area contributed by atoms with Crippen LogP contribution in [0.15, 0.2) is 18.5 Å². The molecule has 0 aromatic carbocycles. The van der Waals surface area contributed by atoms with Gasteiger partial charge in [-0.2, -0.15) is 0 Å². The number of aryl methyl sites for hydroxylation is 1. The van der Waals surface area contributed by atoms with Crippen LogP contribution < -0.4 is 5.32 Å². The molecule has 1 saturated heterocycles. The standard InChI is InChI=1S/C14H21N3O/c1-12-9-15-6-5-13(12)10-16-11-14(18)17-7-3-2-4-8-17/h5-6,9,16H,2-4,7-8,10-11H2,1H3. The second-order valence-electron chi connectivity index (χ2n) is 4.85. The Morgan fingerprint density at radius 1 is 1.39 bits per heavy atom. The number of amides is 1. The molecule has 2 heterocycles. The van der Waals surface area contributed by atoms with Crippen LogP contribution in [-0.2, 0) is 11.3 Å². The molecule has 1 aromatic rings. The Bertz CT molecular complexity index is 400. The second-order valence-corrected chi connectivity index (χ2v) is 4.85. The average Bonchev–Trinajstić information content (AvgIpc) is 2.42. The lowest BCUT2D eigenvalue weighted by molar-refractivity contribution is -0.131. The molecular weight excluding hydrogens is 226 g/mol. The monoisotopic (exact) mass is 247 g/mol. The Balaban J connectivity index is 1.75. The van der Waals surface area contributed by atoms with E-state index in [1.807, 2.05) is 24.1 Å². The van der Waals surface area contributed by atoms with Gasteiger partial charge in [-0.15, -0.1) is 0 Å². The highest BCUT2D eigenvalue weighted by atomic mass is 16.2. The summed E-state index contributed by atoms with van der Waals surface area (Å²) >= 11 is 0. The van der Waals surface area contributed by atoms with Gasteiger partial charge < -0.3 is 10.2 Å². The molecule has 1 amide bonds. The molecule has 0 radical (unpaired) electrons. The third kappa shape index (κ3) is 3.53. The summed E-state index contributed by atoms with van der Waals surface area (Å²) in [5, 5.41) is 3.22. The average molecular weight is 247 g/mol. The van der Waals surface area contributed by atoms with Gasteiger partial charge in [-0.05, 0) is 43.4 Å². The second kappa shape index (κ2) is 6.50. The molecule has 0 saturated carbocycles. The summed E-state index contributed by atoms with van der Waals surface area (Å²) in [6.45, 7) is 5.05. The van der Waals surface area contributed by atoms with Crippen molar-refractivity contribution < 1.29 is 4.79 Å². The summed E-state index contributed by atoms with van der Waals surface area (Å²) in [4.78, 5) is 18.0. The number of hydrogen-bond donors (Lipinski definition) is 1. The van der Waals surface area contributed by atoms with Crippen molar-refractivity contribution >= 4 is 5.91 Å². The van der Waals surface area contributed by atoms with E-state index < -0.39 is 0 Å². The van der Waals surface area contributed by atoms with Crippen LogP contribution in [0.25, 0.3) is 0 Å². The molecule has 0 spiro atoms. The molecule has 18 heavy (non-hydrogen) atoms. The van der Waals surface area contributed by atoms with E-state index >= 15 is 0 Å². The number of piperidine rings is 1. The number of rotatable bonds is 4. The van der Waals surface area contributed by atoms with E-state index in [1.54, 1.807) is 6.20 Å². The smallest absolute Gasteiger partial charge is 0.236 e. The molecule has 4 heteroatoms. The van der Waals surface area contributed by atoms with E-state index in [0.717, 1.165) is 38.0 Å². The molecule has 4 nitrogen and oxygen atoms in total. The van der Waals surface area contributed by atoms with E-state index in [-0.39, 0.29) is 5.91 Å². The number of likely N-dealkylation sites (tertiary alicyclic amines) is 1. The van der Waals surface area contributed by atoms with Crippen LogP contribution in [0.3, 0.4) is 0 Å². The van der Waals surface area contributed by atoms with Crippen molar-refractivity contribution in [3.8, 4) is 0 Å². The highest BCUT2D eigenvalue weighted by Gasteiger charge is 2.15. The first-order chi connectivity index (χ1) is 8.77. The molecule has 0 aliphatic carbocycles. The van der Waals surface area contributed by atoms with Crippen LogP contribution in [-0.4, -0.2) is 35.4 Å². The Kier molecular flexibility index (Phi) is 4.70. The predicted octanol–water partition coefficient (Wildman–Crippen LogP) is 1.49. The maximum absolute atomic E-state index is 11.9. The Morgan fingerprint density at radius 2 is 2.17 bits per heavy atom. The molecule has 1 aliphatic rings. The third-order valence-electron chi connectivity index (χ3n) is 3.44. The van der Waals surface area contributed by atoms with Gasteiger partial charge in [0.25, 0.3) is 0 Å². The van der Waals surface area contributed by atoms with Crippen LogP contribution in [0.5, 0.6) is 0 Å². The summed E-state index contributed by atoms with van der Waals surface area (Å²) < 4.78 is 0. The SMILES string of the molecule is Cc1cnccc1CNCC(=O)N1CCCCC1. The van der Waals surface area contributed by atoms with E-state index in [9.17, 15) is 4.79 Å². The highest BCUT2D eigenvalue weighted by molar-refractivity contribution is 5.78. The minimum absolute atomic E-state index is 0.224. The fourth-order valence-electron chi connectivity index (χ4n) is 2.26. The topological polar surface area (TPSA) is 45.2 Å². The van der Waals surface area contributed by atoms with Crippen molar-refractivity contribution in [1.82, 2.24) is 15.2 Å². The molecule has 1 N–H and O–H groups in total. The van der Waals surface area contributed by atoms with Gasteiger partial charge in [-0.3, -0.25) is 9.78 Å². The van der Waals surface area contributed by atoms with Crippen LogP contribution in [0.4, 0.5) is 0 Å². The number of nitrogens with one attached hydrogen (secondary N) is 1.